The van der Waals surface area contributed by atoms with Gasteiger partial charge in [-0.3, -0.25) is 0 Å². The molecule has 2 aromatic rings. The topological polar surface area (TPSA) is 44.5 Å². The smallest absolute Gasteiger partial charge is 0.128 e. The van der Waals surface area contributed by atoms with Crippen LogP contribution in [0.2, 0.25) is 10.0 Å². The Morgan fingerprint density at radius 1 is 1.14 bits per heavy atom. The summed E-state index contributed by atoms with van der Waals surface area (Å²) in [6, 6.07) is 10.8. The number of ether oxygens (including phenoxy) is 2. The van der Waals surface area contributed by atoms with Crippen molar-refractivity contribution in [1.82, 2.24) is 0 Å². The van der Waals surface area contributed by atoms with Crippen LogP contribution < -0.4 is 15.2 Å². The highest BCUT2D eigenvalue weighted by Gasteiger charge is 2.12. The van der Waals surface area contributed by atoms with Crippen LogP contribution in [0.25, 0.3) is 0 Å². The first-order valence-corrected chi connectivity index (χ1v) is 7.27. The molecule has 0 aliphatic heterocycles. The van der Waals surface area contributed by atoms with Crippen molar-refractivity contribution in [3.8, 4) is 11.5 Å². The second-order valence-corrected chi connectivity index (χ2v) is 5.50. The van der Waals surface area contributed by atoms with Gasteiger partial charge in [-0.15, -0.1) is 0 Å². The van der Waals surface area contributed by atoms with Gasteiger partial charge in [-0.1, -0.05) is 35.3 Å². The Morgan fingerprint density at radius 3 is 2.38 bits per heavy atom. The number of halogens is 2. The van der Waals surface area contributed by atoms with Crippen molar-refractivity contribution >= 4 is 23.2 Å². The largest absolute Gasteiger partial charge is 0.497 e. The maximum atomic E-state index is 6.14. The van der Waals surface area contributed by atoms with Crippen LogP contribution in [0.1, 0.15) is 24.1 Å². The second-order valence-electron chi connectivity index (χ2n) is 4.68. The molecule has 1 atom stereocenters. The van der Waals surface area contributed by atoms with E-state index in [2.05, 4.69) is 0 Å². The second kappa shape index (κ2) is 7.03. The summed E-state index contributed by atoms with van der Waals surface area (Å²) in [5, 5.41) is 1.15. The SMILES string of the molecule is COc1ccc(C(C)N)c(OCc2c(Cl)cccc2Cl)c1. The number of hydrogen-bond acceptors (Lipinski definition) is 3. The summed E-state index contributed by atoms with van der Waals surface area (Å²) in [5.41, 5.74) is 7.61. The molecule has 0 radical (unpaired) electrons. The van der Waals surface area contributed by atoms with E-state index in [-0.39, 0.29) is 12.6 Å². The van der Waals surface area contributed by atoms with Gasteiger partial charge in [0, 0.05) is 33.3 Å². The number of benzene rings is 2. The lowest BCUT2D eigenvalue weighted by Gasteiger charge is -2.16. The molecule has 0 aromatic heterocycles. The fraction of sp³-hybridized carbons (Fsp3) is 0.250. The first kappa shape index (κ1) is 16.0. The molecule has 0 spiro atoms. The van der Waals surface area contributed by atoms with Gasteiger partial charge < -0.3 is 15.2 Å². The molecule has 0 aliphatic rings. The summed E-state index contributed by atoms with van der Waals surface area (Å²) in [7, 11) is 1.61. The van der Waals surface area contributed by atoms with Crippen LogP contribution in [0.3, 0.4) is 0 Å². The van der Waals surface area contributed by atoms with E-state index in [9.17, 15) is 0 Å². The van der Waals surface area contributed by atoms with E-state index in [4.69, 9.17) is 38.4 Å². The molecule has 0 saturated carbocycles. The van der Waals surface area contributed by atoms with Crippen molar-refractivity contribution in [2.45, 2.75) is 19.6 Å². The molecular formula is C16H17Cl2NO2. The molecule has 21 heavy (non-hydrogen) atoms. The highest BCUT2D eigenvalue weighted by Crippen LogP contribution is 2.31. The van der Waals surface area contributed by atoms with E-state index < -0.39 is 0 Å². The predicted molar refractivity (Wildman–Crippen MR) is 86.4 cm³/mol. The molecule has 0 amide bonds. The van der Waals surface area contributed by atoms with Gasteiger partial charge in [0.15, 0.2) is 0 Å². The fourth-order valence-corrected chi connectivity index (χ4v) is 2.47. The molecule has 0 bridgehead atoms. The van der Waals surface area contributed by atoms with Gasteiger partial charge in [0.1, 0.15) is 18.1 Å². The summed E-state index contributed by atoms with van der Waals surface area (Å²) in [5.74, 6) is 1.37. The highest BCUT2D eigenvalue weighted by atomic mass is 35.5. The molecule has 0 aliphatic carbocycles. The van der Waals surface area contributed by atoms with Crippen molar-refractivity contribution in [1.29, 1.82) is 0 Å². The van der Waals surface area contributed by atoms with Crippen molar-refractivity contribution < 1.29 is 9.47 Å². The Morgan fingerprint density at radius 2 is 1.81 bits per heavy atom. The summed E-state index contributed by atoms with van der Waals surface area (Å²) in [6.07, 6.45) is 0. The van der Waals surface area contributed by atoms with Crippen LogP contribution in [-0.2, 0) is 6.61 Å². The van der Waals surface area contributed by atoms with Crippen molar-refractivity contribution in [3.05, 3.63) is 57.6 Å². The number of rotatable bonds is 5. The Labute approximate surface area is 134 Å². The third-order valence-electron chi connectivity index (χ3n) is 3.14. The van der Waals surface area contributed by atoms with Gasteiger partial charge in [0.25, 0.3) is 0 Å². The lowest BCUT2D eigenvalue weighted by molar-refractivity contribution is 0.299. The Kier molecular flexibility index (Phi) is 5.34. The zero-order valence-corrected chi connectivity index (χ0v) is 13.4. The zero-order valence-electron chi connectivity index (χ0n) is 11.9. The molecule has 2 aromatic carbocycles. The molecule has 0 saturated heterocycles. The Balaban J connectivity index is 2.26. The molecule has 1 unspecified atom stereocenters. The van der Waals surface area contributed by atoms with Crippen molar-refractivity contribution in [2.75, 3.05) is 7.11 Å². The van der Waals surface area contributed by atoms with Crippen LogP contribution in [0.4, 0.5) is 0 Å². The highest BCUT2D eigenvalue weighted by molar-refractivity contribution is 6.35. The number of hydrogen-bond donors (Lipinski definition) is 1. The van der Waals surface area contributed by atoms with Gasteiger partial charge in [-0.2, -0.15) is 0 Å². The van der Waals surface area contributed by atoms with E-state index >= 15 is 0 Å². The van der Waals surface area contributed by atoms with Crippen molar-refractivity contribution in [3.63, 3.8) is 0 Å². The molecular weight excluding hydrogens is 309 g/mol. The lowest BCUT2D eigenvalue weighted by Crippen LogP contribution is -2.08. The maximum absolute atomic E-state index is 6.14. The van der Waals surface area contributed by atoms with Crippen LogP contribution in [-0.4, -0.2) is 7.11 Å². The number of nitrogens with two attached hydrogens (primary N) is 1. The molecule has 2 N–H and O–H groups in total. The van der Waals surface area contributed by atoms with Gasteiger partial charge in [0.05, 0.1) is 7.11 Å². The minimum absolute atomic E-state index is 0.146. The van der Waals surface area contributed by atoms with Gasteiger partial charge in [-0.05, 0) is 25.1 Å². The quantitative estimate of drug-likeness (QED) is 0.873. The van der Waals surface area contributed by atoms with Crippen LogP contribution in [0, 0.1) is 0 Å². The van der Waals surface area contributed by atoms with Gasteiger partial charge in [0.2, 0.25) is 0 Å². The van der Waals surface area contributed by atoms with Crippen LogP contribution >= 0.6 is 23.2 Å². The van der Waals surface area contributed by atoms with E-state index in [1.165, 1.54) is 0 Å². The van der Waals surface area contributed by atoms with Gasteiger partial charge >= 0.3 is 0 Å². The fourth-order valence-electron chi connectivity index (χ4n) is 1.96. The summed E-state index contributed by atoms with van der Waals surface area (Å²) >= 11 is 12.3. The normalized spacial score (nSPS) is 12.0. The summed E-state index contributed by atoms with van der Waals surface area (Å²) in [6.45, 7) is 2.17. The minimum atomic E-state index is -0.146. The molecule has 2 rings (SSSR count). The molecule has 5 heteroatoms. The monoisotopic (exact) mass is 325 g/mol. The third-order valence-corrected chi connectivity index (χ3v) is 3.85. The van der Waals surface area contributed by atoms with E-state index in [1.54, 1.807) is 25.3 Å². The molecule has 0 fully saturated rings. The van der Waals surface area contributed by atoms with Crippen LogP contribution in [0.15, 0.2) is 36.4 Å². The first-order chi connectivity index (χ1) is 10.0. The van der Waals surface area contributed by atoms with E-state index in [1.807, 2.05) is 25.1 Å². The Bertz CT molecular complexity index is 609. The molecule has 0 heterocycles. The third kappa shape index (κ3) is 3.82. The Hall–Kier alpha value is -1.42. The maximum Gasteiger partial charge on any atom is 0.128 e. The van der Waals surface area contributed by atoms with Gasteiger partial charge in [-0.25, -0.2) is 0 Å². The minimum Gasteiger partial charge on any atom is -0.497 e. The first-order valence-electron chi connectivity index (χ1n) is 6.52. The molecule has 112 valence electrons. The van der Waals surface area contributed by atoms with E-state index in [0.29, 0.717) is 21.5 Å². The summed E-state index contributed by atoms with van der Waals surface area (Å²) in [4.78, 5) is 0. The average Bonchev–Trinajstić information content (AvgIpc) is 2.46. The standard InChI is InChI=1S/C16H17Cl2NO2/c1-10(19)12-7-6-11(20-2)8-16(12)21-9-13-14(17)4-3-5-15(13)18/h3-8,10H,9,19H2,1-2H3. The average molecular weight is 326 g/mol. The molecule has 3 nitrogen and oxygen atoms in total. The lowest BCUT2D eigenvalue weighted by atomic mass is 10.1. The van der Waals surface area contributed by atoms with E-state index in [0.717, 1.165) is 11.1 Å². The predicted octanol–water partition coefficient (Wildman–Crippen LogP) is 4.60. The van der Waals surface area contributed by atoms with Crippen LogP contribution in [0.5, 0.6) is 11.5 Å². The van der Waals surface area contributed by atoms with Crippen molar-refractivity contribution in [2.24, 2.45) is 5.73 Å². The summed E-state index contributed by atoms with van der Waals surface area (Å²) < 4.78 is 11.1. The number of methoxy groups -OCH3 is 1. The zero-order chi connectivity index (χ0) is 15.4.